The molecule has 0 unspecified atom stereocenters. The maximum atomic E-state index is 9.85. The van der Waals surface area contributed by atoms with Gasteiger partial charge in [-0.15, -0.1) is 6.58 Å². The molecule has 0 atom stereocenters. The highest BCUT2D eigenvalue weighted by atomic mass is 16.4. The van der Waals surface area contributed by atoms with E-state index in [0.717, 1.165) is 0 Å². The first-order chi connectivity index (χ1) is 4.81. The third-order valence-corrected chi connectivity index (χ3v) is 0.611. The summed E-state index contributed by atoms with van der Waals surface area (Å²) in [5.41, 5.74) is 4.91. The van der Waals surface area contributed by atoms with E-state index in [1.165, 1.54) is 12.5 Å². The fourth-order valence-corrected chi connectivity index (χ4v) is 0.232. The zero-order chi connectivity index (χ0) is 7.82. The molecule has 0 spiro atoms. The van der Waals surface area contributed by atoms with Crippen molar-refractivity contribution in [2.24, 2.45) is 5.73 Å². The maximum absolute atomic E-state index is 9.85. The molecule has 1 aromatic rings. The summed E-state index contributed by atoms with van der Waals surface area (Å²) in [6.45, 7) is 3.94. The van der Waals surface area contributed by atoms with Crippen LogP contribution in [0.25, 0.3) is 0 Å². The van der Waals surface area contributed by atoms with Gasteiger partial charge in [0.15, 0.2) is 0 Å². The van der Waals surface area contributed by atoms with Crippen LogP contribution in [0.3, 0.4) is 0 Å². The molecule has 56 valence electrons. The van der Waals surface area contributed by atoms with Crippen molar-refractivity contribution in [3.05, 3.63) is 35.7 Å². The smallest absolute Gasteiger partial charge is 0.416 e. The standard InChI is InChI=1S/C3H3NO2.C3H7N/c5-3-4-1-2-6-3;1-2-3-4/h1-2H,(H,4,5);2H,1,3-4H2. The van der Waals surface area contributed by atoms with Crippen LogP contribution in [0.2, 0.25) is 0 Å². The molecule has 0 bridgehead atoms. The fraction of sp³-hybridized carbons (Fsp3) is 0.167. The number of nitrogens with two attached hydrogens (primary N) is 1. The summed E-state index contributed by atoms with van der Waals surface area (Å²) in [5, 5.41) is 0. The lowest BCUT2D eigenvalue weighted by atomic mass is 10.7. The van der Waals surface area contributed by atoms with Crippen molar-refractivity contribution in [2.45, 2.75) is 0 Å². The maximum Gasteiger partial charge on any atom is 0.416 e. The van der Waals surface area contributed by atoms with E-state index < -0.39 is 5.76 Å². The van der Waals surface area contributed by atoms with E-state index in [1.54, 1.807) is 6.08 Å². The van der Waals surface area contributed by atoms with E-state index >= 15 is 0 Å². The molecule has 0 amide bonds. The summed E-state index contributed by atoms with van der Waals surface area (Å²) in [6.07, 6.45) is 4.38. The summed E-state index contributed by atoms with van der Waals surface area (Å²) < 4.78 is 4.22. The molecule has 1 rings (SSSR count). The number of hydrogen-bond acceptors (Lipinski definition) is 3. The zero-order valence-corrected chi connectivity index (χ0v) is 5.54. The second-order valence-corrected chi connectivity index (χ2v) is 1.38. The van der Waals surface area contributed by atoms with Gasteiger partial charge in [-0.3, -0.25) is 4.98 Å². The van der Waals surface area contributed by atoms with Crippen molar-refractivity contribution < 1.29 is 4.42 Å². The third kappa shape index (κ3) is 4.86. The summed E-state index contributed by atoms with van der Waals surface area (Å²) in [4.78, 5) is 12.1. The van der Waals surface area contributed by atoms with Crippen molar-refractivity contribution >= 4 is 0 Å². The van der Waals surface area contributed by atoms with Crippen molar-refractivity contribution in [3.63, 3.8) is 0 Å². The predicted octanol–water partition coefficient (Wildman–Crippen LogP) is 0.0990. The topological polar surface area (TPSA) is 72.0 Å². The Balaban J connectivity index is 0.000000180. The van der Waals surface area contributed by atoms with E-state index in [-0.39, 0.29) is 0 Å². The van der Waals surface area contributed by atoms with Crippen molar-refractivity contribution in [1.29, 1.82) is 0 Å². The average Bonchev–Trinajstić information content (AvgIpc) is 2.40. The number of nitrogens with one attached hydrogen (secondary N) is 1. The van der Waals surface area contributed by atoms with E-state index in [1.807, 2.05) is 0 Å². The van der Waals surface area contributed by atoms with E-state index in [2.05, 4.69) is 16.0 Å². The zero-order valence-electron chi connectivity index (χ0n) is 5.54. The van der Waals surface area contributed by atoms with E-state index in [4.69, 9.17) is 5.73 Å². The molecule has 0 saturated heterocycles. The first-order valence-electron chi connectivity index (χ1n) is 2.74. The van der Waals surface area contributed by atoms with E-state index in [0.29, 0.717) is 6.54 Å². The number of oxazole rings is 1. The molecule has 1 heterocycles. The Labute approximate surface area is 58.4 Å². The average molecular weight is 142 g/mol. The van der Waals surface area contributed by atoms with Gasteiger partial charge in [0, 0.05) is 12.7 Å². The molecule has 0 aliphatic rings. The van der Waals surface area contributed by atoms with Crippen LogP contribution in [0, 0.1) is 0 Å². The minimum absolute atomic E-state index is 0.407. The molecule has 4 heteroatoms. The second kappa shape index (κ2) is 5.84. The van der Waals surface area contributed by atoms with Crippen molar-refractivity contribution in [3.8, 4) is 0 Å². The second-order valence-electron chi connectivity index (χ2n) is 1.38. The molecule has 1 aromatic heterocycles. The van der Waals surface area contributed by atoms with Crippen LogP contribution < -0.4 is 11.5 Å². The van der Waals surface area contributed by atoms with Gasteiger partial charge in [-0.05, 0) is 0 Å². The number of rotatable bonds is 1. The largest absolute Gasteiger partial charge is 0.417 e. The van der Waals surface area contributed by atoms with Crippen LogP contribution >= 0.6 is 0 Å². The van der Waals surface area contributed by atoms with Gasteiger partial charge in [0.2, 0.25) is 0 Å². The van der Waals surface area contributed by atoms with Gasteiger partial charge in [0.05, 0.1) is 0 Å². The first kappa shape index (κ1) is 8.71. The quantitative estimate of drug-likeness (QED) is 0.546. The van der Waals surface area contributed by atoms with Crippen LogP contribution in [0.5, 0.6) is 0 Å². The van der Waals surface area contributed by atoms with Crippen molar-refractivity contribution in [2.75, 3.05) is 6.54 Å². The number of H-pyrrole nitrogens is 1. The molecule has 0 aliphatic carbocycles. The van der Waals surface area contributed by atoms with Gasteiger partial charge in [0.1, 0.15) is 6.26 Å². The molecule has 0 radical (unpaired) electrons. The normalized spacial score (nSPS) is 7.70. The number of hydrogen-bond donors (Lipinski definition) is 2. The Morgan fingerprint density at radius 1 is 1.90 bits per heavy atom. The van der Waals surface area contributed by atoms with Crippen LogP contribution in [-0.4, -0.2) is 11.5 Å². The van der Waals surface area contributed by atoms with Crippen LogP contribution in [0.1, 0.15) is 0 Å². The Morgan fingerprint density at radius 3 is 2.60 bits per heavy atom. The van der Waals surface area contributed by atoms with Gasteiger partial charge >= 0.3 is 5.76 Å². The summed E-state index contributed by atoms with van der Waals surface area (Å²) in [5.74, 6) is -0.407. The molecular formula is C6H10N2O2. The molecule has 4 nitrogen and oxygen atoms in total. The van der Waals surface area contributed by atoms with E-state index in [9.17, 15) is 4.79 Å². The van der Waals surface area contributed by atoms with Crippen molar-refractivity contribution in [1.82, 2.24) is 4.98 Å². The number of aromatic amines is 1. The number of aromatic nitrogens is 1. The molecular weight excluding hydrogens is 132 g/mol. The lowest BCUT2D eigenvalue weighted by Crippen LogP contribution is -1.91. The molecule has 0 aromatic carbocycles. The third-order valence-electron chi connectivity index (χ3n) is 0.611. The SMILES string of the molecule is C=CCN.O=c1[nH]cco1. The minimum atomic E-state index is -0.407. The Kier molecular flexibility index (Phi) is 5.09. The summed E-state index contributed by atoms with van der Waals surface area (Å²) in [7, 11) is 0. The lowest BCUT2D eigenvalue weighted by Gasteiger charge is -1.61. The predicted molar refractivity (Wildman–Crippen MR) is 38.6 cm³/mol. The molecule has 0 fully saturated rings. The highest BCUT2D eigenvalue weighted by Gasteiger charge is 1.72. The van der Waals surface area contributed by atoms with Gasteiger partial charge in [-0.1, -0.05) is 6.08 Å². The van der Waals surface area contributed by atoms with Gasteiger partial charge in [-0.2, -0.15) is 0 Å². The van der Waals surface area contributed by atoms with Gasteiger partial charge < -0.3 is 10.2 Å². The highest BCUT2D eigenvalue weighted by molar-refractivity contribution is 4.64. The van der Waals surface area contributed by atoms with Crippen LogP contribution in [0.15, 0.2) is 34.3 Å². The molecule has 0 saturated carbocycles. The molecule has 3 N–H and O–H groups in total. The highest BCUT2D eigenvalue weighted by Crippen LogP contribution is 1.62. The Hall–Kier alpha value is -1.29. The molecule has 10 heavy (non-hydrogen) atoms. The first-order valence-corrected chi connectivity index (χ1v) is 2.74. The summed E-state index contributed by atoms with van der Waals surface area (Å²) >= 11 is 0. The minimum Gasteiger partial charge on any atom is -0.417 e. The molecule has 0 aliphatic heterocycles. The van der Waals surface area contributed by atoms with Gasteiger partial charge in [-0.25, -0.2) is 4.79 Å². The fourth-order valence-electron chi connectivity index (χ4n) is 0.232. The summed E-state index contributed by atoms with van der Waals surface area (Å²) in [6, 6.07) is 0. The van der Waals surface area contributed by atoms with Gasteiger partial charge in [0.25, 0.3) is 0 Å². The lowest BCUT2D eigenvalue weighted by molar-refractivity contribution is 0.515. The van der Waals surface area contributed by atoms with Crippen LogP contribution in [-0.2, 0) is 0 Å². The monoisotopic (exact) mass is 142 g/mol. The Bertz CT molecular complexity index is 197. The Morgan fingerprint density at radius 2 is 2.50 bits per heavy atom. The van der Waals surface area contributed by atoms with Crippen LogP contribution in [0.4, 0.5) is 0 Å².